The van der Waals surface area contributed by atoms with E-state index in [4.69, 9.17) is 9.47 Å². The third kappa shape index (κ3) is 4.27. The van der Waals surface area contributed by atoms with Crippen LogP contribution in [0.5, 0.6) is 11.5 Å². The summed E-state index contributed by atoms with van der Waals surface area (Å²) in [5, 5.41) is 16.6. The van der Waals surface area contributed by atoms with Crippen LogP contribution >= 0.6 is 0 Å². The predicted octanol–water partition coefficient (Wildman–Crippen LogP) is 3.70. The molecule has 1 heterocycles. The Kier molecular flexibility index (Phi) is 5.38. The number of nitrogens with one attached hydrogen (secondary N) is 1. The van der Waals surface area contributed by atoms with E-state index in [-0.39, 0.29) is 12.3 Å². The summed E-state index contributed by atoms with van der Waals surface area (Å²) in [7, 11) is 0. The van der Waals surface area contributed by atoms with Crippen molar-refractivity contribution in [2.45, 2.75) is 6.10 Å². The number of hydrogen-bond donors (Lipinski definition) is 1. The molecule has 0 fully saturated rings. The second-order valence-corrected chi connectivity index (χ2v) is 6.53. The van der Waals surface area contributed by atoms with Crippen molar-refractivity contribution in [1.29, 1.82) is 0 Å². The minimum atomic E-state index is -0.823. The molecule has 0 spiro atoms. The third-order valence-corrected chi connectivity index (χ3v) is 4.47. The number of ether oxygens (including phenoxy) is 2. The molecule has 0 saturated carbocycles. The summed E-state index contributed by atoms with van der Waals surface area (Å²) in [5.74, 6) is 0.671. The van der Waals surface area contributed by atoms with Gasteiger partial charge in [0, 0.05) is 18.3 Å². The van der Waals surface area contributed by atoms with Crippen LogP contribution in [-0.4, -0.2) is 29.8 Å². The number of amides is 1. The fraction of sp³-hybridized carbons (Fsp3) is 0.0909. The predicted molar refractivity (Wildman–Crippen MR) is 113 cm³/mol. The van der Waals surface area contributed by atoms with E-state index in [2.05, 4.69) is 10.5 Å². The lowest BCUT2D eigenvalue weighted by Gasteiger charge is -2.25. The molecular weight excluding hydrogens is 386 g/mol. The van der Waals surface area contributed by atoms with E-state index in [1.807, 2.05) is 36.4 Å². The van der Waals surface area contributed by atoms with Crippen LogP contribution in [0, 0.1) is 10.1 Å². The van der Waals surface area contributed by atoms with Gasteiger partial charge in [-0.3, -0.25) is 14.9 Å². The lowest BCUT2D eigenvalue weighted by Crippen LogP contribution is -2.42. The number of nitrogens with zero attached hydrogens (tertiary/aromatic N) is 2. The lowest BCUT2D eigenvalue weighted by atomic mass is 10.1. The van der Waals surface area contributed by atoms with Gasteiger partial charge < -0.3 is 9.47 Å². The molecule has 8 nitrogen and oxygen atoms in total. The molecule has 1 aliphatic heterocycles. The summed E-state index contributed by atoms with van der Waals surface area (Å²) in [6.07, 6.45) is 3.77. The Morgan fingerprint density at radius 2 is 1.87 bits per heavy atom. The summed E-state index contributed by atoms with van der Waals surface area (Å²) in [4.78, 5) is 22.6. The minimum absolute atomic E-state index is 0.00454. The molecule has 0 bridgehead atoms. The number of allylic oxidation sites excluding steroid dienone is 1. The molecule has 0 radical (unpaired) electrons. The highest BCUT2D eigenvalue weighted by Crippen LogP contribution is 2.35. The smallest absolute Gasteiger partial charge is 0.284 e. The topological polar surface area (TPSA) is 103 Å². The molecule has 8 heteroatoms. The Morgan fingerprint density at radius 3 is 2.63 bits per heavy atom. The SMILES string of the molecule is O=C(N/N=C\C=C/c1cccc([N+](=O)[O-])c1)[C@@H]1COc2cc3ccccc3cc2O1. The van der Waals surface area contributed by atoms with Crippen molar-refractivity contribution in [3.8, 4) is 11.5 Å². The molecule has 0 saturated heterocycles. The highest BCUT2D eigenvalue weighted by atomic mass is 16.6. The van der Waals surface area contributed by atoms with E-state index in [1.54, 1.807) is 24.3 Å². The summed E-state index contributed by atoms with van der Waals surface area (Å²) in [6.45, 7) is 0.0796. The fourth-order valence-electron chi connectivity index (χ4n) is 3.00. The van der Waals surface area contributed by atoms with Gasteiger partial charge in [0.2, 0.25) is 6.10 Å². The molecular formula is C22H17N3O5. The largest absolute Gasteiger partial charge is 0.485 e. The maximum Gasteiger partial charge on any atom is 0.284 e. The van der Waals surface area contributed by atoms with Crippen molar-refractivity contribution in [1.82, 2.24) is 5.43 Å². The lowest BCUT2D eigenvalue weighted by molar-refractivity contribution is -0.384. The normalized spacial score (nSPS) is 15.5. The van der Waals surface area contributed by atoms with E-state index in [0.29, 0.717) is 17.1 Å². The molecule has 1 N–H and O–H groups in total. The number of fused-ring (bicyclic) bond motifs is 2. The molecule has 1 atom stereocenters. The standard InChI is InChI=1S/C22H17N3O5/c26-22(24-23-10-4-6-15-5-3-9-18(11-15)25(27)28)21-14-29-19-12-16-7-1-2-8-17(16)13-20(19)30-21/h1-13,21H,14H2,(H,24,26)/b6-4-,23-10-/t21-/m0/s1. The molecule has 0 aliphatic carbocycles. The average molecular weight is 403 g/mol. The average Bonchev–Trinajstić information content (AvgIpc) is 2.77. The zero-order valence-electron chi connectivity index (χ0n) is 15.7. The highest BCUT2D eigenvalue weighted by molar-refractivity contribution is 5.87. The Bertz CT molecular complexity index is 1170. The zero-order chi connectivity index (χ0) is 20.9. The van der Waals surface area contributed by atoms with E-state index in [1.165, 1.54) is 18.3 Å². The van der Waals surface area contributed by atoms with Crippen molar-refractivity contribution < 1.29 is 19.2 Å². The highest BCUT2D eigenvalue weighted by Gasteiger charge is 2.27. The van der Waals surface area contributed by atoms with Crippen LogP contribution < -0.4 is 14.9 Å². The molecule has 1 aliphatic rings. The van der Waals surface area contributed by atoms with Crippen molar-refractivity contribution in [2.24, 2.45) is 5.10 Å². The number of carbonyl (C=O) groups is 1. The first kappa shape index (κ1) is 19.1. The van der Waals surface area contributed by atoms with Gasteiger partial charge in [0.05, 0.1) is 4.92 Å². The van der Waals surface area contributed by atoms with Gasteiger partial charge in [0.15, 0.2) is 11.5 Å². The maximum absolute atomic E-state index is 12.3. The van der Waals surface area contributed by atoms with Crippen molar-refractivity contribution in [3.05, 3.63) is 82.4 Å². The van der Waals surface area contributed by atoms with E-state index < -0.39 is 16.9 Å². The third-order valence-electron chi connectivity index (χ3n) is 4.47. The first-order chi connectivity index (χ1) is 14.6. The summed E-state index contributed by atoms with van der Waals surface area (Å²) < 4.78 is 11.4. The number of hydrazone groups is 1. The molecule has 3 aromatic carbocycles. The van der Waals surface area contributed by atoms with E-state index >= 15 is 0 Å². The zero-order valence-corrected chi connectivity index (χ0v) is 15.7. The van der Waals surface area contributed by atoms with Crippen LogP contribution in [0.15, 0.2) is 71.8 Å². The second kappa shape index (κ2) is 8.44. The fourth-order valence-corrected chi connectivity index (χ4v) is 3.00. The van der Waals surface area contributed by atoms with E-state index in [0.717, 1.165) is 10.8 Å². The van der Waals surface area contributed by atoms with Crippen LogP contribution in [-0.2, 0) is 4.79 Å². The summed E-state index contributed by atoms with van der Waals surface area (Å²) >= 11 is 0. The van der Waals surface area contributed by atoms with Crippen LogP contribution in [0.1, 0.15) is 5.56 Å². The van der Waals surface area contributed by atoms with Gasteiger partial charge in [0.25, 0.3) is 11.6 Å². The second-order valence-electron chi connectivity index (χ2n) is 6.53. The summed E-state index contributed by atoms with van der Waals surface area (Å²) in [5.41, 5.74) is 3.05. The maximum atomic E-state index is 12.3. The molecule has 0 unspecified atom stereocenters. The Labute approximate surface area is 171 Å². The van der Waals surface area contributed by atoms with Crippen LogP contribution in [0.25, 0.3) is 16.8 Å². The Hall–Kier alpha value is -4.20. The first-order valence-corrected chi connectivity index (χ1v) is 9.16. The monoisotopic (exact) mass is 403 g/mol. The van der Waals surface area contributed by atoms with Gasteiger partial charge in [0.1, 0.15) is 6.61 Å². The number of hydrogen-bond acceptors (Lipinski definition) is 6. The quantitative estimate of drug-likeness (QED) is 0.397. The number of nitro groups is 1. The molecule has 150 valence electrons. The molecule has 30 heavy (non-hydrogen) atoms. The Morgan fingerprint density at radius 1 is 1.10 bits per heavy atom. The van der Waals surface area contributed by atoms with Gasteiger partial charge in [-0.05, 0) is 34.5 Å². The van der Waals surface area contributed by atoms with Gasteiger partial charge in [-0.1, -0.05) is 42.5 Å². The number of carbonyl (C=O) groups excluding carboxylic acids is 1. The van der Waals surface area contributed by atoms with Gasteiger partial charge >= 0.3 is 0 Å². The van der Waals surface area contributed by atoms with Gasteiger partial charge in [-0.25, -0.2) is 5.43 Å². The molecule has 0 aromatic heterocycles. The number of benzene rings is 3. The van der Waals surface area contributed by atoms with E-state index in [9.17, 15) is 14.9 Å². The van der Waals surface area contributed by atoms with Crippen LogP contribution in [0.2, 0.25) is 0 Å². The number of nitro benzene ring substituents is 1. The van der Waals surface area contributed by atoms with Gasteiger partial charge in [-0.2, -0.15) is 5.10 Å². The van der Waals surface area contributed by atoms with Crippen LogP contribution in [0.3, 0.4) is 0 Å². The van der Waals surface area contributed by atoms with Crippen molar-refractivity contribution >= 4 is 34.7 Å². The Balaban J connectivity index is 1.35. The molecule has 4 rings (SSSR count). The van der Waals surface area contributed by atoms with Crippen molar-refractivity contribution in [2.75, 3.05) is 6.61 Å². The molecule has 1 amide bonds. The number of rotatable bonds is 5. The first-order valence-electron chi connectivity index (χ1n) is 9.16. The molecule has 3 aromatic rings. The van der Waals surface area contributed by atoms with Crippen molar-refractivity contribution in [3.63, 3.8) is 0 Å². The number of non-ortho nitro benzene ring substituents is 1. The van der Waals surface area contributed by atoms with Crippen LogP contribution in [0.4, 0.5) is 5.69 Å². The minimum Gasteiger partial charge on any atom is -0.485 e. The summed E-state index contributed by atoms with van der Waals surface area (Å²) in [6, 6.07) is 17.7. The van der Waals surface area contributed by atoms with Gasteiger partial charge in [-0.15, -0.1) is 0 Å².